The Labute approximate surface area is 106 Å². The van der Waals surface area contributed by atoms with Gasteiger partial charge in [0.05, 0.1) is 6.42 Å². The summed E-state index contributed by atoms with van der Waals surface area (Å²) in [5.41, 5.74) is 0.729. The topological polar surface area (TPSA) is 99.6 Å². The Bertz CT molecular complexity index is 489. The molecule has 7 nitrogen and oxygen atoms in total. The monoisotopic (exact) mass is 273 g/mol. The maximum Gasteiger partial charge on any atom is 0.304 e. The third-order valence-corrected chi connectivity index (χ3v) is 3.74. The summed E-state index contributed by atoms with van der Waals surface area (Å²) in [6, 6.07) is 3.45. The largest absolute Gasteiger partial charge is 0.481 e. The van der Waals surface area contributed by atoms with E-state index in [0.717, 1.165) is 9.87 Å². The quantitative estimate of drug-likeness (QED) is 0.718. The second-order valence-electron chi connectivity index (χ2n) is 3.65. The van der Waals surface area contributed by atoms with Crippen molar-refractivity contribution in [3.8, 4) is 0 Å². The molecule has 18 heavy (non-hydrogen) atoms. The molecule has 0 aliphatic carbocycles. The molecule has 0 atom stereocenters. The normalized spacial score (nSPS) is 11.7. The third kappa shape index (κ3) is 4.78. The van der Waals surface area contributed by atoms with E-state index in [0.29, 0.717) is 0 Å². The van der Waals surface area contributed by atoms with Crippen LogP contribution in [0.4, 0.5) is 0 Å². The number of aliphatic carboxylic acids is 1. The molecule has 100 valence electrons. The van der Waals surface area contributed by atoms with Crippen molar-refractivity contribution in [1.82, 2.24) is 14.0 Å². The molecule has 2 N–H and O–H groups in total. The SMILES string of the molecule is CN(CCC(=O)O)S(=O)(=O)NCc1cccnc1. The van der Waals surface area contributed by atoms with Crippen molar-refractivity contribution in [3.63, 3.8) is 0 Å². The van der Waals surface area contributed by atoms with Gasteiger partial charge in [0.2, 0.25) is 0 Å². The molecule has 0 amide bonds. The molecule has 0 aliphatic rings. The lowest BCUT2D eigenvalue weighted by Gasteiger charge is -2.16. The smallest absolute Gasteiger partial charge is 0.304 e. The van der Waals surface area contributed by atoms with E-state index in [4.69, 9.17) is 5.11 Å². The predicted molar refractivity (Wildman–Crippen MR) is 64.9 cm³/mol. The molecule has 0 radical (unpaired) electrons. The molecular formula is C10H15N3O4S. The Balaban J connectivity index is 2.51. The van der Waals surface area contributed by atoms with Crippen LogP contribution in [-0.4, -0.2) is 42.4 Å². The fraction of sp³-hybridized carbons (Fsp3) is 0.400. The van der Waals surface area contributed by atoms with E-state index in [9.17, 15) is 13.2 Å². The summed E-state index contributed by atoms with van der Waals surface area (Å²) in [7, 11) is -2.33. The predicted octanol–water partition coefficient (Wildman–Crippen LogP) is -0.177. The summed E-state index contributed by atoms with van der Waals surface area (Å²) in [5, 5.41) is 8.49. The highest BCUT2D eigenvalue weighted by molar-refractivity contribution is 7.87. The number of carboxylic acid groups (broad SMARTS) is 1. The van der Waals surface area contributed by atoms with E-state index in [1.807, 2.05) is 0 Å². The minimum Gasteiger partial charge on any atom is -0.481 e. The van der Waals surface area contributed by atoms with Crippen molar-refractivity contribution in [3.05, 3.63) is 30.1 Å². The highest BCUT2D eigenvalue weighted by Crippen LogP contribution is 2.00. The van der Waals surface area contributed by atoms with Gasteiger partial charge in [-0.05, 0) is 11.6 Å². The third-order valence-electron chi connectivity index (χ3n) is 2.23. The summed E-state index contributed by atoms with van der Waals surface area (Å²) in [5.74, 6) is -1.04. The summed E-state index contributed by atoms with van der Waals surface area (Å²) in [6.45, 7) is 0.0469. The first-order valence-corrected chi connectivity index (χ1v) is 6.67. The molecule has 0 aromatic carbocycles. The molecule has 1 aromatic rings. The molecule has 1 rings (SSSR count). The lowest BCUT2D eigenvalue weighted by atomic mass is 10.3. The first kappa shape index (κ1) is 14.6. The van der Waals surface area contributed by atoms with Gasteiger partial charge >= 0.3 is 5.97 Å². The van der Waals surface area contributed by atoms with Crippen LogP contribution in [-0.2, 0) is 21.5 Å². The number of carbonyl (C=O) groups is 1. The number of aromatic nitrogens is 1. The fourth-order valence-corrected chi connectivity index (χ4v) is 2.06. The van der Waals surface area contributed by atoms with Crippen molar-refractivity contribution in [2.75, 3.05) is 13.6 Å². The Morgan fingerprint density at radius 2 is 2.28 bits per heavy atom. The molecule has 1 heterocycles. The lowest BCUT2D eigenvalue weighted by Crippen LogP contribution is -2.38. The first-order chi connectivity index (χ1) is 8.42. The van der Waals surface area contributed by atoms with Gasteiger partial charge in [0.1, 0.15) is 0 Å². The Morgan fingerprint density at radius 3 is 2.83 bits per heavy atom. The van der Waals surface area contributed by atoms with Crippen LogP contribution in [0, 0.1) is 0 Å². The van der Waals surface area contributed by atoms with Gasteiger partial charge in [0.25, 0.3) is 10.2 Å². The van der Waals surface area contributed by atoms with Crippen LogP contribution in [0.1, 0.15) is 12.0 Å². The van der Waals surface area contributed by atoms with Crippen LogP contribution in [0.3, 0.4) is 0 Å². The van der Waals surface area contributed by atoms with Crippen LogP contribution in [0.5, 0.6) is 0 Å². The average molecular weight is 273 g/mol. The zero-order chi connectivity index (χ0) is 13.6. The van der Waals surface area contributed by atoms with Crippen LogP contribution in [0.2, 0.25) is 0 Å². The molecule has 1 aromatic heterocycles. The molecule has 0 unspecified atom stereocenters. The molecule has 8 heteroatoms. The summed E-state index contributed by atoms with van der Waals surface area (Å²) < 4.78 is 26.8. The lowest BCUT2D eigenvalue weighted by molar-refractivity contribution is -0.137. The Hall–Kier alpha value is -1.51. The van der Waals surface area contributed by atoms with E-state index < -0.39 is 16.2 Å². The highest BCUT2D eigenvalue weighted by Gasteiger charge is 2.17. The Kier molecular flexibility index (Phi) is 5.20. The number of rotatable bonds is 7. The van der Waals surface area contributed by atoms with E-state index in [2.05, 4.69) is 9.71 Å². The fourth-order valence-electron chi connectivity index (χ4n) is 1.16. The number of hydrogen-bond acceptors (Lipinski definition) is 4. The highest BCUT2D eigenvalue weighted by atomic mass is 32.2. The van der Waals surface area contributed by atoms with Crippen LogP contribution < -0.4 is 4.72 Å². The van der Waals surface area contributed by atoms with Crippen molar-refractivity contribution in [1.29, 1.82) is 0 Å². The van der Waals surface area contributed by atoms with Gasteiger partial charge in [0, 0.05) is 32.5 Å². The van der Waals surface area contributed by atoms with Crippen LogP contribution >= 0.6 is 0 Å². The average Bonchev–Trinajstić information content (AvgIpc) is 2.34. The molecule has 0 aliphatic heterocycles. The van der Waals surface area contributed by atoms with Crippen molar-refractivity contribution in [2.45, 2.75) is 13.0 Å². The number of nitrogens with zero attached hydrogens (tertiary/aromatic N) is 2. The second-order valence-corrected chi connectivity index (χ2v) is 5.51. The molecule has 0 bridgehead atoms. The van der Waals surface area contributed by atoms with Crippen LogP contribution in [0.15, 0.2) is 24.5 Å². The number of nitrogens with one attached hydrogen (secondary N) is 1. The maximum atomic E-state index is 11.7. The van der Waals surface area contributed by atoms with Crippen molar-refractivity contribution >= 4 is 16.2 Å². The van der Waals surface area contributed by atoms with E-state index >= 15 is 0 Å². The van der Waals surface area contributed by atoms with Crippen LogP contribution in [0.25, 0.3) is 0 Å². The number of pyridine rings is 1. The standard InChI is InChI=1S/C10H15N3O4S/c1-13(6-4-10(14)15)18(16,17)12-8-9-3-2-5-11-7-9/h2-3,5,7,12H,4,6,8H2,1H3,(H,14,15). The molecule has 0 saturated carbocycles. The first-order valence-electron chi connectivity index (χ1n) is 5.23. The zero-order valence-electron chi connectivity index (χ0n) is 9.91. The van der Waals surface area contributed by atoms with Gasteiger partial charge in [0.15, 0.2) is 0 Å². The Morgan fingerprint density at radius 1 is 1.56 bits per heavy atom. The van der Waals surface area contributed by atoms with Crippen molar-refractivity contribution < 1.29 is 18.3 Å². The van der Waals surface area contributed by atoms with Gasteiger partial charge in [-0.25, -0.2) is 0 Å². The second kappa shape index (κ2) is 6.43. The molecule has 0 fully saturated rings. The van der Waals surface area contributed by atoms with E-state index in [1.54, 1.807) is 24.5 Å². The summed E-state index contributed by atoms with van der Waals surface area (Å²) in [6.07, 6.45) is 2.92. The van der Waals surface area contributed by atoms with Gasteiger partial charge in [-0.15, -0.1) is 0 Å². The van der Waals surface area contributed by atoms with E-state index in [-0.39, 0.29) is 19.5 Å². The van der Waals surface area contributed by atoms with Crippen molar-refractivity contribution in [2.24, 2.45) is 0 Å². The van der Waals surface area contributed by atoms with Gasteiger partial charge in [-0.3, -0.25) is 9.78 Å². The number of carboxylic acids is 1. The minimum atomic E-state index is -3.66. The summed E-state index contributed by atoms with van der Waals surface area (Å²) >= 11 is 0. The van der Waals surface area contributed by atoms with Gasteiger partial charge < -0.3 is 5.11 Å². The van der Waals surface area contributed by atoms with E-state index in [1.165, 1.54) is 7.05 Å². The summed E-state index contributed by atoms with van der Waals surface area (Å²) in [4.78, 5) is 14.2. The molecule has 0 saturated heterocycles. The maximum absolute atomic E-state index is 11.7. The zero-order valence-corrected chi connectivity index (χ0v) is 10.7. The van der Waals surface area contributed by atoms with Gasteiger partial charge in [-0.1, -0.05) is 6.07 Å². The van der Waals surface area contributed by atoms with Gasteiger partial charge in [-0.2, -0.15) is 17.4 Å². The minimum absolute atomic E-state index is 0.0717. The molecular weight excluding hydrogens is 258 g/mol. The number of hydrogen-bond donors (Lipinski definition) is 2. The molecule has 0 spiro atoms.